The van der Waals surface area contributed by atoms with E-state index in [1.165, 1.54) is 61.1 Å². The van der Waals surface area contributed by atoms with Gasteiger partial charge in [0.2, 0.25) is 6.71 Å². The maximum absolute atomic E-state index is 2.37. The molecule has 0 aliphatic carbocycles. The Labute approximate surface area is 208 Å². The molecule has 5 aromatic carbocycles. The number of aryl methyl sites for hydroxylation is 2. The summed E-state index contributed by atoms with van der Waals surface area (Å²) in [5.74, 6) is 0. The van der Waals surface area contributed by atoms with Crippen molar-refractivity contribution in [1.82, 2.24) is 0 Å². The number of fused-ring (bicyclic) bond motifs is 2. The molecule has 0 fully saturated rings. The van der Waals surface area contributed by atoms with Crippen LogP contribution in [0, 0.1) is 13.8 Å². The summed E-state index contributed by atoms with van der Waals surface area (Å²) in [6.07, 6.45) is 0. The van der Waals surface area contributed by atoms with Crippen LogP contribution in [0.2, 0.25) is 0 Å². The molecule has 0 aromatic heterocycles. The van der Waals surface area contributed by atoms with Gasteiger partial charge in [0.15, 0.2) is 0 Å². The molecule has 0 saturated heterocycles. The van der Waals surface area contributed by atoms with Crippen molar-refractivity contribution in [3.05, 3.63) is 126 Å². The predicted molar refractivity (Wildman–Crippen MR) is 152 cm³/mol. The molecule has 1 nitrogen and oxygen atoms in total. The molecule has 0 amide bonds. The maximum atomic E-state index is 2.37. The van der Waals surface area contributed by atoms with Gasteiger partial charge in [-0.3, -0.25) is 0 Å². The molecular weight excluding hydrogens is 421 g/mol. The molecule has 1 heterocycles. The summed E-state index contributed by atoms with van der Waals surface area (Å²) in [4.78, 5) is 2.37. The molecule has 1 aliphatic rings. The minimum Gasteiger partial charge on any atom is -0.345 e. The van der Waals surface area contributed by atoms with Crippen molar-refractivity contribution in [2.45, 2.75) is 13.8 Å². The van der Waals surface area contributed by atoms with Crippen molar-refractivity contribution in [3.8, 4) is 22.3 Å². The van der Waals surface area contributed by atoms with Crippen LogP contribution in [0.5, 0.6) is 0 Å². The van der Waals surface area contributed by atoms with E-state index in [-0.39, 0.29) is 6.71 Å². The Morgan fingerprint density at radius 3 is 1.43 bits per heavy atom. The van der Waals surface area contributed by atoms with Gasteiger partial charge in [0, 0.05) is 18.4 Å². The van der Waals surface area contributed by atoms with E-state index in [4.69, 9.17) is 0 Å². The first-order valence-corrected chi connectivity index (χ1v) is 12.3. The summed E-state index contributed by atoms with van der Waals surface area (Å²) in [6, 6.07) is 42.3. The average Bonchev–Trinajstić information content (AvgIpc) is 2.90. The number of nitrogens with zero attached hydrogens (tertiary/aromatic N) is 1. The van der Waals surface area contributed by atoms with Gasteiger partial charge in [-0.05, 0) is 70.3 Å². The molecule has 0 spiro atoms. The second-order valence-electron chi connectivity index (χ2n) is 9.62. The monoisotopic (exact) mass is 449 g/mol. The van der Waals surface area contributed by atoms with Gasteiger partial charge in [-0.2, -0.15) is 0 Å². The summed E-state index contributed by atoms with van der Waals surface area (Å²) >= 11 is 0. The Hall–Kier alpha value is -4.04. The Bertz CT molecular complexity index is 1410. The van der Waals surface area contributed by atoms with Gasteiger partial charge in [-0.25, -0.2) is 0 Å². The molecule has 0 saturated carbocycles. The third-order valence-electron chi connectivity index (χ3n) is 7.28. The highest BCUT2D eigenvalue weighted by molar-refractivity contribution is 6.99. The van der Waals surface area contributed by atoms with Gasteiger partial charge >= 0.3 is 0 Å². The zero-order valence-corrected chi connectivity index (χ0v) is 20.5. The molecule has 0 atom stereocenters. The SMILES string of the molecule is Cc1ccc2c(c1)N(C)c1cc(C)ccc1B2c1c(-c2ccccc2)cccc1-c1ccccc1. The second kappa shape index (κ2) is 8.63. The first kappa shape index (κ1) is 21.5. The minimum absolute atomic E-state index is 0.129. The summed E-state index contributed by atoms with van der Waals surface area (Å²) in [5.41, 5.74) is 14.3. The first-order chi connectivity index (χ1) is 17.1. The number of anilines is 2. The highest BCUT2D eigenvalue weighted by Crippen LogP contribution is 2.31. The van der Waals surface area contributed by atoms with Crippen molar-refractivity contribution in [3.63, 3.8) is 0 Å². The van der Waals surface area contributed by atoms with E-state index in [1.54, 1.807) is 0 Å². The van der Waals surface area contributed by atoms with E-state index in [9.17, 15) is 0 Å². The standard InChI is InChI=1S/C33H28BN/c1-23-17-19-29-31(21-23)35(3)32-22-24(2)18-20-30(32)34(29)33-27(25-11-6-4-7-12-25)15-10-16-28(33)26-13-8-5-9-14-26/h4-22H,1-3H3. The lowest BCUT2D eigenvalue weighted by Gasteiger charge is -2.36. The van der Waals surface area contributed by atoms with Crippen LogP contribution in [-0.2, 0) is 0 Å². The van der Waals surface area contributed by atoms with Crippen molar-refractivity contribution in [1.29, 1.82) is 0 Å². The molecule has 0 radical (unpaired) electrons. The van der Waals surface area contributed by atoms with Crippen LogP contribution >= 0.6 is 0 Å². The Morgan fingerprint density at radius 1 is 0.514 bits per heavy atom. The van der Waals surface area contributed by atoms with Gasteiger partial charge in [-0.15, -0.1) is 0 Å². The Morgan fingerprint density at radius 2 is 0.971 bits per heavy atom. The number of benzene rings is 5. The van der Waals surface area contributed by atoms with E-state index in [0.29, 0.717) is 0 Å². The lowest BCUT2D eigenvalue weighted by molar-refractivity contribution is 1.20. The molecular formula is C33H28BN. The Kier molecular flexibility index (Phi) is 5.30. The molecule has 6 rings (SSSR count). The largest absolute Gasteiger partial charge is 0.345 e. The molecule has 35 heavy (non-hydrogen) atoms. The normalized spacial score (nSPS) is 12.3. The second-order valence-corrected chi connectivity index (χ2v) is 9.62. The first-order valence-electron chi connectivity index (χ1n) is 12.3. The third-order valence-corrected chi connectivity index (χ3v) is 7.28. The number of hydrogen-bond acceptors (Lipinski definition) is 1. The van der Waals surface area contributed by atoms with Crippen LogP contribution in [0.15, 0.2) is 115 Å². The van der Waals surface area contributed by atoms with E-state index >= 15 is 0 Å². The van der Waals surface area contributed by atoms with Gasteiger partial charge in [0.25, 0.3) is 0 Å². The summed E-state index contributed by atoms with van der Waals surface area (Å²) < 4.78 is 0. The highest BCUT2D eigenvalue weighted by Gasteiger charge is 2.36. The fourth-order valence-electron chi connectivity index (χ4n) is 5.60. The molecule has 0 bridgehead atoms. The highest BCUT2D eigenvalue weighted by atomic mass is 15.1. The number of hydrogen-bond donors (Lipinski definition) is 0. The fraction of sp³-hybridized carbons (Fsp3) is 0.0909. The molecule has 1 aliphatic heterocycles. The lowest BCUT2D eigenvalue weighted by Crippen LogP contribution is -2.58. The van der Waals surface area contributed by atoms with Crippen LogP contribution in [0.4, 0.5) is 11.4 Å². The van der Waals surface area contributed by atoms with Crippen LogP contribution in [0.3, 0.4) is 0 Å². The van der Waals surface area contributed by atoms with Crippen molar-refractivity contribution < 1.29 is 0 Å². The van der Waals surface area contributed by atoms with Crippen molar-refractivity contribution in [2.24, 2.45) is 0 Å². The van der Waals surface area contributed by atoms with E-state index in [2.05, 4.69) is 141 Å². The quantitative estimate of drug-likeness (QED) is 0.295. The van der Waals surface area contributed by atoms with Crippen molar-refractivity contribution in [2.75, 3.05) is 11.9 Å². The maximum Gasteiger partial charge on any atom is 0.248 e. The van der Waals surface area contributed by atoms with E-state index in [1.807, 2.05) is 0 Å². The van der Waals surface area contributed by atoms with Gasteiger partial charge in [0.1, 0.15) is 0 Å². The predicted octanol–water partition coefficient (Wildman–Crippen LogP) is 6.23. The van der Waals surface area contributed by atoms with E-state index in [0.717, 1.165) is 0 Å². The lowest BCUT2D eigenvalue weighted by atomic mass is 9.33. The average molecular weight is 449 g/mol. The van der Waals surface area contributed by atoms with Gasteiger partial charge in [-0.1, -0.05) is 109 Å². The Balaban J connectivity index is 1.73. The summed E-state index contributed by atoms with van der Waals surface area (Å²) in [5, 5.41) is 0. The summed E-state index contributed by atoms with van der Waals surface area (Å²) in [6.45, 7) is 4.49. The minimum atomic E-state index is 0.129. The van der Waals surface area contributed by atoms with Gasteiger partial charge in [0.05, 0.1) is 0 Å². The van der Waals surface area contributed by atoms with Crippen molar-refractivity contribution >= 4 is 34.5 Å². The topological polar surface area (TPSA) is 3.24 Å². The van der Waals surface area contributed by atoms with Crippen LogP contribution in [0.1, 0.15) is 11.1 Å². The zero-order chi connectivity index (χ0) is 23.9. The van der Waals surface area contributed by atoms with E-state index < -0.39 is 0 Å². The molecule has 2 heteroatoms. The van der Waals surface area contributed by atoms with Crippen LogP contribution < -0.4 is 21.3 Å². The zero-order valence-electron chi connectivity index (χ0n) is 20.5. The van der Waals surface area contributed by atoms with Crippen LogP contribution in [0.25, 0.3) is 22.3 Å². The van der Waals surface area contributed by atoms with Crippen LogP contribution in [-0.4, -0.2) is 13.8 Å². The van der Waals surface area contributed by atoms with Gasteiger partial charge < -0.3 is 4.90 Å². The molecule has 168 valence electrons. The molecule has 0 unspecified atom stereocenters. The molecule has 0 N–H and O–H groups in total. The molecule has 5 aromatic rings. The fourth-order valence-corrected chi connectivity index (χ4v) is 5.60. The summed E-state index contributed by atoms with van der Waals surface area (Å²) in [7, 11) is 2.20. The third kappa shape index (κ3) is 3.66. The smallest absolute Gasteiger partial charge is 0.248 e. The number of rotatable bonds is 3.